The third-order valence-corrected chi connectivity index (χ3v) is 2.46. The molecule has 1 saturated heterocycles. The van der Waals surface area contributed by atoms with Crippen LogP contribution in [-0.4, -0.2) is 49.8 Å². The Kier molecular flexibility index (Phi) is 3.98. The van der Waals surface area contributed by atoms with Crippen LogP contribution < -0.4 is 5.32 Å². The minimum absolute atomic E-state index is 0.700. The quantitative estimate of drug-likeness (QED) is 0.668. The lowest BCUT2D eigenvalue weighted by molar-refractivity contribution is -0.00429. The largest absolute Gasteiger partial charge is 0.313 e. The molecule has 0 aromatic heterocycles. The number of rotatable bonds is 3. The number of hydrazine groups is 1. The first-order chi connectivity index (χ1) is 5.74. The van der Waals surface area contributed by atoms with Gasteiger partial charge < -0.3 is 5.32 Å². The molecule has 0 aromatic rings. The Morgan fingerprint density at radius 1 is 1.50 bits per heavy atom. The number of nitrogens with one attached hydrogen (secondary N) is 1. The zero-order chi connectivity index (χ0) is 8.97. The van der Waals surface area contributed by atoms with Crippen molar-refractivity contribution < 1.29 is 0 Å². The van der Waals surface area contributed by atoms with Crippen molar-refractivity contribution in [2.24, 2.45) is 0 Å². The van der Waals surface area contributed by atoms with Gasteiger partial charge in [-0.05, 0) is 19.4 Å². The Bertz CT molecular complexity index is 123. The zero-order valence-electron chi connectivity index (χ0n) is 8.51. The highest BCUT2D eigenvalue weighted by Crippen LogP contribution is 2.10. The normalized spacial score (nSPS) is 26.5. The van der Waals surface area contributed by atoms with Crippen LogP contribution in [0.15, 0.2) is 0 Å². The van der Waals surface area contributed by atoms with Crippen molar-refractivity contribution >= 4 is 0 Å². The summed E-state index contributed by atoms with van der Waals surface area (Å²) in [5.41, 5.74) is 0. The summed E-state index contributed by atoms with van der Waals surface area (Å²) in [6.07, 6.45) is 2.65. The molecule has 72 valence electrons. The maximum atomic E-state index is 3.50. The molecule has 1 atom stereocenters. The fourth-order valence-electron chi connectivity index (χ4n) is 1.78. The minimum atomic E-state index is 0.700. The van der Waals surface area contributed by atoms with Crippen molar-refractivity contribution in [3.8, 4) is 0 Å². The molecule has 0 amide bonds. The van der Waals surface area contributed by atoms with E-state index in [4.69, 9.17) is 0 Å². The van der Waals surface area contributed by atoms with Crippen LogP contribution in [0.25, 0.3) is 0 Å². The van der Waals surface area contributed by atoms with Crippen LogP contribution in [0.1, 0.15) is 19.8 Å². The molecule has 3 nitrogen and oxygen atoms in total. The summed E-state index contributed by atoms with van der Waals surface area (Å²) < 4.78 is 0. The van der Waals surface area contributed by atoms with Gasteiger partial charge in [0.1, 0.15) is 0 Å². The van der Waals surface area contributed by atoms with E-state index >= 15 is 0 Å². The van der Waals surface area contributed by atoms with E-state index in [0.29, 0.717) is 6.04 Å². The number of nitrogens with zero attached hydrogens (tertiary/aromatic N) is 2. The van der Waals surface area contributed by atoms with Gasteiger partial charge in [0.15, 0.2) is 0 Å². The number of hydrogen-bond donors (Lipinski definition) is 1. The summed E-state index contributed by atoms with van der Waals surface area (Å²) in [6, 6.07) is 0.700. The smallest absolute Gasteiger partial charge is 0.0287 e. The van der Waals surface area contributed by atoms with Crippen molar-refractivity contribution in [1.82, 2.24) is 15.3 Å². The van der Waals surface area contributed by atoms with Crippen LogP contribution in [0.3, 0.4) is 0 Å². The fourth-order valence-corrected chi connectivity index (χ4v) is 1.78. The Morgan fingerprint density at radius 2 is 2.25 bits per heavy atom. The first-order valence-corrected chi connectivity index (χ1v) is 4.89. The molecular weight excluding hydrogens is 150 g/mol. The molecule has 1 aliphatic heterocycles. The van der Waals surface area contributed by atoms with Gasteiger partial charge in [0.05, 0.1) is 0 Å². The molecule has 1 heterocycles. The van der Waals surface area contributed by atoms with E-state index < -0.39 is 0 Å². The second kappa shape index (κ2) is 4.80. The minimum Gasteiger partial charge on any atom is -0.313 e. The van der Waals surface area contributed by atoms with E-state index in [1.165, 1.54) is 25.9 Å². The molecule has 0 bridgehead atoms. The first kappa shape index (κ1) is 9.96. The molecule has 0 radical (unpaired) electrons. The maximum absolute atomic E-state index is 3.50. The van der Waals surface area contributed by atoms with Crippen LogP contribution in [0.5, 0.6) is 0 Å². The molecule has 0 saturated carbocycles. The van der Waals surface area contributed by atoms with Gasteiger partial charge in [0.25, 0.3) is 0 Å². The zero-order valence-corrected chi connectivity index (χ0v) is 8.51. The standard InChI is InChI=1S/C9H21N3/c1-4-10-9-6-5-7-12(8-9)11(2)3/h9-10H,4-8H2,1-3H3. The maximum Gasteiger partial charge on any atom is 0.0287 e. The van der Waals surface area contributed by atoms with Crippen LogP contribution in [0.2, 0.25) is 0 Å². The monoisotopic (exact) mass is 171 g/mol. The highest BCUT2D eigenvalue weighted by atomic mass is 15.6. The molecule has 0 aromatic carbocycles. The molecule has 1 fully saturated rings. The predicted octanol–water partition coefficient (Wildman–Crippen LogP) is 0.537. The average Bonchev–Trinajstić information content (AvgIpc) is 2.05. The lowest BCUT2D eigenvalue weighted by Gasteiger charge is -2.36. The summed E-state index contributed by atoms with van der Waals surface area (Å²) in [7, 11) is 4.24. The van der Waals surface area contributed by atoms with Gasteiger partial charge in [-0.15, -0.1) is 0 Å². The van der Waals surface area contributed by atoms with E-state index in [1.807, 2.05) is 0 Å². The molecule has 0 aliphatic carbocycles. The summed E-state index contributed by atoms with van der Waals surface area (Å²) >= 11 is 0. The summed E-state index contributed by atoms with van der Waals surface area (Å²) in [6.45, 7) is 5.65. The average molecular weight is 171 g/mol. The highest BCUT2D eigenvalue weighted by molar-refractivity contribution is 4.75. The van der Waals surface area contributed by atoms with Gasteiger partial charge in [0.2, 0.25) is 0 Å². The van der Waals surface area contributed by atoms with Crippen LogP contribution in [-0.2, 0) is 0 Å². The first-order valence-electron chi connectivity index (χ1n) is 4.89. The molecule has 1 N–H and O–H groups in total. The molecular formula is C9H21N3. The Labute approximate surface area is 75.7 Å². The van der Waals surface area contributed by atoms with Gasteiger partial charge in [-0.2, -0.15) is 0 Å². The Hall–Kier alpha value is -0.120. The van der Waals surface area contributed by atoms with Crippen molar-refractivity contribution in [3.63, 3.8) is 0 Å². The van der Waals surface area contributed by atoms with Crippen molar-refractivity contribution in [3.05, 3.63) is 0 Å². The SMILES string of the molecule is CCNC1CCCN(N(C)C)C1. The molecule has 1 rings (SSSR count). The molecule has 1 aliphatic rings. The highest BCUT2D eigenvalue weighted by Gasteiger charge is 2.19. The third kappa shape index (κ3) is 2.73. The molecule has 12 heavy (non-hydrogen) atoms. The number of piperidine rings is 1. The van der Waals surface area contributed by atoms with Gasteiger partial charge >= 0.3 is 0 Å². The number of hydrogen-bond acceptors (Lipinski definition) is 3. The third-order valence-electron chi connectivity index (χ3n) is 2.46. The number of likely N-dealkylation sites (N-methyl/N-ethyl adjacent to an activating group) is 1. The Morgan fingerprint density at radius 3 is 2.83 bits per heavy atom. The second-order valence-electron chi connectivity index (χ2n) is 3.66. The van der Waals surface area contributed by atoms with Crippen LogP contribution >= 0.6 is 0 Å². The van der Waals surface area contributed by atoms with Crippen molar-refractivity contribution in [2.75, 3.05) is 33.7 Å². The van der Waals surface area contributed by atoms with Crippen LogP contribution in [0, 0.1) is 0 Å². The summed E-state index contributed by atoms with van der Waals surface area (Å²) in [5, 5.41) is 8.10. The summed E-state index contributed by atoms with van der Waals surface area (Å²) in [4.78, 5) is 0. The Balaban J connectivity index is 2.30. The summed E-state index contributed by atoms with van der Waals surface area (Å²) in [5.74, 6) is 0. The van der Waals surface area contributed by atoms with E-state index in [9.17, 15) is 0 Å². The molecule has 3 heteroatoms. The van der Waals surface area contributed by atoms with E-state index in [1.54, 1.807) is 0 Å². The lowest BCUT2D eigenvalue weighted by atomic mass is 10.1. The van der Waals surface area contributed by atoms with Crippen molar-refractivity contribution in [2.45, 2.75) is 25.8 Å². The van der Waals surface area contributed by atoms with Gasteiger partial charge in [0, 0.05) is 33.2 Å². The van der Waals surface area contributed by atoms with Crippen molar-refractivity contribution in [1.29, 1.82) is 0 Å². The predicted molar refractivity (Wildman–Crippen MR) is 52.0 cm³/mol. The fraction of sp³-hybridized carbons (Fsp3) is 1.00. The topological polar surface area (TPSA) is 18.5 Å². The van der Waals surface area contributed by atoms with E-state index in [2.05, 4.69) is 36.4 Å². The van der Waals surface area contributed by atoms with Gasteiger partial charge in [-0.25, -0.2) is 10.0 Å². The lowest BCUT2D eigenvalue weighted by Crippen LogP contribution is -2.50. The van der Waals surface area contributed by atoms with E-state index in [0.717, 1.165) is 6.54 Å². The van der Waals surface area contributed by atoms with E-state index in [-0.39, 0.29) is 0 Å². The van der Waals surface area contributed by atoms with Crippen LogP contribution in [0.4, 0.5) is 0 Å². The molecule has 0 spiro atoms. The molecule has 1 unspecified atom stereocenters. The van der Waals surface area contributed by atoms with Gasteiger partial charge in [-0.1, -0.05) is 6.92 Å². The van der Waals surface area contributed by atoms with Gasteiger partial charge in [-0.3, -0.25) is 0 Å². The second-order valence-corrected chi connectivity index (χ2v) is 3.66.